The van der Waals surface area contributed by atoms with E-state index in [1.807, 2.05) is 30.3 Å². The summed E-state index contributed by atoms with van der Waals surface area (Å²) in [6, 6.07) is 14.9. The molecule has 2 aromatic carbocycles. The van der Waals surface area contributed by atoms with Crippen molar-refractivity contribution in [3.8, 4) is 11.4 Å². The Morgan fingerprint density at radius 1 is 1.23 bits per heavy atom. The Hall–Kier alpha value is -3.42. The molecule has 8 heteroatoms. The van der Waals surface area contributed by atoms with Crippen molar-refractivity contribution < 1.29 is 9.53 Å². The van der Waals surface area contributed by atoms with Crippen LogP contribution in [0.4, 0.5) is 10.5 Å². The number of carbonyl (C=O) groups excluding carboxylic acids is 1. The van der Waals surface area contributed by atoms with Gasteiger partial charge in [-0.25, -0.2) is 4.79 Å². The quantitative estimate of drug-likeness (QED) is 0.763. The lowest BCUT2D eigenvalue weighted by molar-refractivity contribution is 0.220. The summed E-state index contributed by atoms with van der Waals surface area (Å²) in [6.45, 7) is 2.31. The van der Waals surface area contributed by atoms with Crippen LogP contribution in [0.15, 0.2) is 48.5 Å². The van der Waals surface area contributed by atoms with Gasteiger partial charge < -0.3 is 15.0 Å². The highest BCUT2D eigenvalue weighted by Gasteiger charge is 2.14. The van der Waals surface area contributed by atoms with Gasteiger partial charge in [0.25, 0.3) is 0 Å². The number of amides is 2. The number of benzene rings is 2. The van der Waals surface area contributed by atoms with E-state index < -0.39 is 0 Å². The van der Waals surface area contributed by atoms with Crippen LogP contribution in [-0.4, -0.2) is 45.3 Å². The van der Waals surface area contributed by atoms with Crippen molar-refractivity contribution in [1.29, 1.82) is 0 Å². The lowest BCUT2D eigenvalue weighted by Gasteiger charge is -2.19. The van der Waals surface area contributed by atoms with Gasteiger partial charge >= 0.3 is 6.03 Å². The lowest BCUT2D eigenvalue weighted by atomic mass is 10.2. The van der Waals surface area contributed by atoms with E-state index in [4.69, 9.17) is 4.74 Å². The third kappa shape index (κ3) is 3.80. The Bertz CT molecular complexity index is 894. The first-order valence-electron chi connectivity index (χ1n) is 8.08. The van der Waals surface area contributed by atoms with Crippen LogP contribution in [0.25, 0.3) is 5.69 Å². The molecule has 0 radical (unpaired) electrons. The number of tetrazole rings is 1. The van der Waals surface area contributed by atoms with Gasteiger partial charge in [0.15, 0.2) is 5.82 Å². The van der Waals surface area contributed by atoms with Gasteiger partial charge in [-0.3, -0.25) is 0 Å². The second-order valence-corrected chi connectivity index (χ2v) is 5.80. The van der Waals surface area contributed by atoms with Crippen molar-refractivity contribution in [3.05, 3.63) is 59.9 Å². The predicted molar refractivity (Wildman–Crippen MR) is 97.4 cm³/mol. The topological polar surface area (TPSA) is 85.2 Å². The van der Waals surface area contributed by atoms with Crippen molar-refractivity contribution in [2.24, 2.45) is 0 Å². The van der Waals surface area contributed by atoms with Crippen LogP contribution in [-0.2, 0) is 6.54 Å². The number of urea groups is 1. The molecular formula is C18H20N6O2. The van der Waals surface area contributed by atoms with E-state index in [1.54, 1.807) is 48.9 Å². The summed E-state index contributed by atoms with van der Waals surface area (Å²) < 4.78 is 6.93. The van der Waals surface area contributed by atoms with Crippen molar-refractivity contribution in [3.63, 3.8) is 0 Å². The molecule has 0 spiro atoms. The summed E-state index contributed by atoms with van der Waals surface area (Å²) in [4.78, 5) is 14.1. The highest BCUT2D eigenvalue weighted by molar-refractivity contribution is 5.89. The molecule has 0 atom stereocenters. The Morgan fingerprint density at radius 2 is 2.00 bits per heavy atom. The smallest absolute Gasteiger partial charge is 0.321 e. The van der Waals surface area contributed by atoms with E-state index in [1.165, 1.54) is 0 Å². The van der Waals surface area contributed by atoms with Gasteiger partial charge in [0.2, 0.25) is 0 Å². The Kier molecular flexibility index (Phi) is 5.12. The van der Waals surface area contributed by atoms with Gasteiger partial charge in [-0.1, -0.05) is 30.3 Å². The first kappa shape index (κ1) is 17.4. The summed E-state index contributed by atoms with van der Waals surface area (Å²) in [5, 5.41) is 14.4. The number of ether oxygens (including phenoxy) is 1. The molecule has 0 aliphatic carbocycles. The molecule has 0 bridgehead atoms. The number of aryl methyl sites for hydroxylation is 1. The number of hydrogen-bond donors (Lipinski definition) is 1. The molecule has 0 saturated carbocycles. The molecule has 0 saturated heterocycles. The number of nitrogens with zero attached hydrogens (tertiary/aromatic N) is 5. The summed E-state index contributed by atoms with van der Waals surface area (Å²) in [5.41, 5.74) is 2.34. The zero-order valence-corrected chi connectivity index (χ0v) is 14.9. The van der Waals surface area contributed by atoms with Crippen molar-refractivity contribution >= 4 is 11.7 Å². The van der Waals surface area contributed by atoms with Crippen molar-refractivity contribution in [1.82, 2.24) is 25.1 Å². The molecule has 8 nitrogen and oxygen atoms in total. The minimum absolute atomic E-state index is 0.210. The standard InChI is InChI=1S/C18H20N6O2/c1-13-20-21-22-24(13)16-11-15(9-10-17(16)26-3)19-18(25)23(2)12-14-7-5-4-6-8-14/h4-11H,12H2,1-3H3,(H,19,25). The SMILES string of the molecule is COc1ccc(NC(=O)N(C)Cc2ccccc2)cc1-n1nnnc1C. The number of anilines is 1. The van der Waals surface area contributed by atoms with E-state index in [0.717, 1.165) is 5.56 Å². The first-order valence-corrected chi connectivity index (χ1v) is 8.08. The average molecular weight is 352 g/mol. The van der Waals surface area contributed by atoms with Crippen LogP contribution >= 0.6 is 0 Å². The van der Waals surface area contributed by atoms with Crippen LogP contribution in [0.5, 0.6) is 5.75 Å². The van der Waals surface area contributed by atoms with E-state index in [-0.39, 0.29) is 6.03 Å². The third-order valence-corrected chi connectivity index (χ3v) is 3.89. The molecule has 0 unspecified atom stereocenters. The van der Waals surface area contributed by atoms with Crippen LogP contribution in [0, 0.1) is 6.92 Å². The molecule has 1 N–H and O–H groups in total. The lowest BCUT2D eigenvalue weighted by Crippen LogP contribution is -2.30. The van der Waals surface area contributed by atoms with Gasteiger partial charge in [-0.2, -0.15) is 4.68 Å². The number of hydrogen-bond acceptors (Lipinski definition) is 5. The molecule has 3 aromatic rings. The zero-order chi connectivity index (χ0) is 18.5. The van der Waals surface area contributed by atoms with E-state index in [9.17, 15) is 4.79 Å². The van der Waals surface area contributed by atoms with Gasteiger partial charge in [-0.15, -0.1) is 5.10 Å². The fourth-order valence-electron chi connectivity index (χ4n) is 2.54. The fraction of sp³-hybridized carbons (Fsp3) is 0.222. The summed E-state index contributed by atoms with van der Waals surface area (Å²) in [7, 11) is 3.32. The fourth-order valence-corrected chi connectivity index (χ4v) is 2.54. The first-order chi connectivity index (χ1) is 12.6. The van der Waals surface area contributed by atoms with Crippen molar-refractivity contribution in [2.75, 3.05) is 19.5 Å². The maximum atomic E-state index is 12.5. The molecule has 0 fully saturated rings. The minimum Gasteiger partial charge on any atom is -0.494 e. The predicted octanol–water partition coefficient (Wildman–Crippen LogP) is 2.64. The van der Waals surface area contributed by atoms with Crippen LogP contribution < -0.4 is 10.1 Å². The van der Waals surface area contributed by atoms with Gasteiger partial charge in [0.1, 0.15) is 11.4 Å². The van der Waals surface area contributed by atoms with Gasteiger partial charge in [0, 0.05) is 19.3 Å². The van der Waals surface area contributed by atoms with E-state index >= 15 is 0 Å². The molecule has 2 amide bonds. The largest absolute Gasteiger partial charge is 0.494 e. The van der Waals surface area contributed by atoms with Gasteiger partial charge in [-0.05, 0) is 41.1 Å². The number of aromatic nitrogens is 4. The number of methoxy groups -OCH3 is 1. The van der Waals surface area contributed by atoms with Crippen LogP contribution in [0.2, 0.25) is 0 Å². The summed E-state index contributed by atoms with van der Waals surface area (Å²) in [6.07, 6.45) is 0. The monoisotopic (exact) mass is 352 g/mol. The van der Waals surface area contributed by atoms with Crippen molar-refractivity contribution in [2.45, 2.75) is 13.5 Å². The molecular weight excluding hydrogens is 332 g/mol. The van der Waals surface area contributed by atoms with Gasteiger partial charge in [0.05, 0.1) is 7.11 Å². The molecule has 1 aromatic heterocycles. The molecule has 0 aliphatic heterocycles. The number of nitrogens with one attached hydrogen (secondary N) is 1. The molecule has 3 rings (SSSR count). The second-order valence-electron chi connectivity index (χ2n) is 5.80. The Labute approximate surface area is 151 Å². The van der Waals surface area contributed by atoms with Crippen LogP contribution in [0.3, 0.4) is 0 Å². The maximum Gasteiger partial charge on any atom is 0.321 e. The third-order valence-electron chi connectivity index (χ3n) is 3.89. The Balaban J connectivity index is 1.77. The molecule has 26 heavy (non-hydrogen) atoms. The zero-order valence-electron chi connectivity index (χ0n) is 14.9. The summed E-state index contributed by atoms with van der Waals surface area (Å²) in [5.74, 6) is 1.23. The second kappa shape index (κ2) is 7.64. The molecule has 134 valence electrons. The summed E-state index contributed by atoms with van der Waals surface area (Å²) >= 11 is 0. The Morgan fingerprint density at radius 3 is 2.65 bits per heavy atom. The molecule has 1 heterocycles. The maximum absolute atomic E-state index is 12.5. The highest BCUT2D eigenvalue weighted by atomic mass is 16.5. The molecule has 0 aliphatic rings. The minimum atomic E-state index is -0.210. The average Bonchev–Trinajstić information content (AvgIpc) is 3.08. The van der Waals surface area contributed by atoms with E-state index in [2.05, 4.69) is 20.8 Å². The number of carbonyl (C=O) groups is 1. The van der Waals surface area contributed by atoms with E-state index in [0.29, 0.717) is 29.5 Å². The highest BCUT2D eigenvalue weighted by Crippen LogP contribution is 2.26. The normalized spacial score (nSPS) is 10.4. The number of rotatable bonds is 5. The van der Waals surface area contributed by atoms with Crippen LogP contribution in [0.1, 0.15) is 11.4 Å².